The van der Waals surface area contributed by atoms with Crippen LogP contribution in [0.25, 0.3) is 82.8 Å². The molecule has 11 aromatic rings. The molecule has 0 atom stereocenters. The Morgan fingerprint density at radius 2 is 0.947 bits per heavy atom. The number of nitrogens with zero attached hydrogens (tertiary/aromatic N) is 2. The zero-order chi connectivity index (χ0) is 37.7. The van der Waals surface area contributed by atoms with Crippen LogP contribution in [0.4, 0.5) is 17.1 Å². The molecule has 0 saturated carbocycles. The van der Waals surface area contributed by atoms with Gasteiger partial charge in [-0.3, -0.25) is 0 Å². The van der Waals surface area contributed by atoms with Crippen LogP contribution in [0, 0.1) is 0 Å². The monoisotopic (exact) mass is 728 g/mol. The van der Waals surface area contributed by atoms with Crippen molar-refractivity contribution in [1.29, 1.82) is 0 Å². The van der Waals surface area contributed by atoms with Gasteiger partial charge < -0.3 is 13.9 Å². The predicted molar refractivity (Wildman–Crippen MR) is 239 cm³/mol. The summed E-state index contributed by atoms with van der Waals surface area (Å²) in [5.41, 5.74) is 15.5. The van der Waals surface area contributed by atoms with Crippen LogP contribution >= 0.6 is 0 Å². The maximum absolute atomic E-state index is 6.44. The SMILES string of the molecule is c1ccc(-c2ccccc2-c2ccc(N(c3cccc(-c4cccc5c6ccccc6n(-c6ccccc6)c45)c3)c3cccc4oc5ccccc5c34)cc2)cc1. The molecule has 57 heavy (non-hydrogen) atoms. The molecule has 2 heterocycles. The summed E-state index contributed by atoms with van der Waals surface area (Å²) >= 11 is 0. The number of anilines is 3. The van der Waals surface area contributed by atoms with Crippen molar-refractivity contribution in [3.63, 3.8) is 0 Å². The molecule has 0 N–H and O–H groups in total. The van der Waals surface area contributed by atoms with Gasteiger partial charge in [0.25, 0.3) is 0 Å². The smallest absolute Gasteiger partial charge is 0.137 e. The molecule has 0 fully saturated rings. The summed E-state index contributed by atoms with van der Waals surface area (Å²) in [6.07, 6.45) is 0. The average Bonchev–Trinajstić information content (AvgIpc) is 3.84. The summed E-state index contributed by atoms with van der Waals surface area (Å²) in [6, 6.07) is 78.1. The van der Waals surface area contributed by atoms with Gasteiger partial charge in [-0.25, -0.2) is 0 Å². The Balaban J connectivity index is 1.12. The van der Waals surface area contributed by atoms with Gasteiger partial charge in [0.1, 0.15) is 11.2 Å². The lowest BCUT2D eigenvalue weighted by molar-refractivity contribution is 0.669. The highest BCUT2D eigenvalue weighted by Gasteiger charge is 2.22. The first-order chi connectivity index (χ1) is 28.3. The molecule has 0 unspecified atom stereocenters. The van der Waals surface area contributed by atoms with Crippen LogP contribution in [0.3, 0.4) is 0 Å². The van der Waals surface area contributed by atoms with Gasteiger partial charge in [-0.2, -0.15) is 0 Å². The zero-order valence-electron chi connectivity index (χ0n) is 31.1. The van der Waals surface area contributed by atoms with E-state index in [1.165, 1.54) is 49.6 Å². The molecule has 0 radical (unpaired) electrons. The van der Waals surface area contributed by atoms with Gasteiger partial charge in [0.2, 0.25) is 0 Å². The zero-order valence-corrected chi connectivity index (χ0v) is 31.1. The molecule has 0 amide bonds. The van der Waals surface area contributed by atoms with Crippen molar-refractivity contribution in [3.05, 3.63) is 218 Å². The summed E-state index contributed by atoms with van der Waals surface area (Å²) < 4.78 is 8.85. The molecule has 3 nitrogen and oxygen atoms in total. The Labute approximate surface area is 330 Å². The minimum atomic E-state index is 0.861. The van der Waals surface area contributed by atoms with E-state index in [4.69, 9.17) is 4.42 Å². The van der Waals surface area contributed by atoms with Gasteiger partial charge in [0.05, 0.1) is 22.1 Å². The first kappa shape index (κ1) is 32.8. The van der Waals surface area contributed by atoms with Gasteiger partial charge in [0.15, 0.2) is 0 Å². The van der Waals surface area contributed by atoms with Crippen LogP contribution in [0.2, 0.25) is 0 Å². The van der Waals surface area contributed by atoms with E-state index in [1.807, 2.05) is 6.07 Å². The quantitative estimate of drug-likeness (QED) is 0.163. The summed E-state index contributed by atoms with van der Waals surface area (Å²) in [7, 11) is 0. The molecule has 0 saturated heterocycles. The van der Waals surface area contributed by atoms with Crippen LogP contribution in [-0.2, 0) is 0 Å². The van der Waals surface area contributed by atoms with E-state index >= 15 is 0 Å². The third-order valence-electron chi connectivity index (χ3n) is 11.2. The van der Waals surface area contributed by atoms with E-state index in [0.29, 0.717) is 0 Å². The summed E-state index contributed by atoms with van der Waals surface area (Å²) in [4.78, 5) is 2.38. The summed E-state index contributed by atoms with van der Waals surface area (Å²) in [6.45, 7) is 0. The van der Waals surface area contributed by atoms with Crippen molar-refractivity contribution < 1.29 is 4.42 Å². The van der Waals surface area contributed by atoms with E-state index in [2.05, 4.69) is 222 Å². The summed E-state index contributed by atoms with van der Waals surface area (Å²) in [5, 5.41) is 4.65. The number of rotatable bonds is 7. The molecule has 0 aliphatic heterocycles. The van der Waals surface area contributed by atoms with Gasteiger partial charge in [-0.15, -0.1) is 0 Å². The van der Waals surface area contributed by atoms with E-state index in [9.17, 15) is 0 Å². The molecule has 0 spiro atoms. The van der Waals surface area contributed by atoms with E-state index < -0.39 is 0 Å². The second kappa shape index (κ2) is 13.6. The number of furan rings is 1. The van der Waals surface area contributed by atoms with Crippen LogP contribution in [0.1, 0.15) is 0 Å². The van der Waals surface area contributed by atoms with Crippen LogP contribution in [0.5, 0.6) is 0 Å². The first-order valence-corrected chi connectivity index (χ1v) is 19.4. The Morgan fingerprint density at radius 3 is 1.75 bits per heavy atom. The minimum Gasteiger partial charge on any atom is -0.456 e. The standard InChI is InChI=1S/C54H36N2O/c1-3-16-37(17-4-1)43-22-7-8-23-44(43)38-32-34-41(35-33-38)55(50-29-15-31-52-53(50)48-25-10-12-30-51(48)57-52)42-21-13-18-39(36-42)45-26-14-27-47-46-24-9-11-28-49(46)56(54(45)47)40-19-5-2-6-20-40/h1-36H. The van der Waals surface area contributed by atoms with Crippen molar-refractivity contribution in [1.82, 2.24) is 4.57 Å². The van der Waals surface area contributed by atoms with Crippen LogP contribution in [-0.4, -0.2) is 4.57 Å². The van der Waals surface area contributed by atoms with E-state index in [1.54, 1.807) is 0 Å². The van der Waals surface area contributed by atoms with Crippen molar-refractivity contribution in [2.45, 2.75) is 0 Å². The second-order valence-corrected chi connectivity index (χ2v) is 14.5. The number of benzene rings is 9. The van der Waals surface area contributed by atoms with Crippen molar-refractivity contribution >= 4 is 60.8 Å². The number of hydrogen-bond acceptors (Lipinski definition) is 2. The molecule has 0 aliphatic rings. The van der Waals surface area contributed by atoms with Gasteiger partial charge in [0, 0.05) is 38.8 Å². The predicted octanol–water partition coefficient (Wildman–Crippen LogP) is 15.2. The topological polar surface area (TPSA) is 21.3 Å². The number of aromatic nitrogens is 1. The molecule has 268 valence electrons. The summed E-state index contributed by atoms with van der Waals surface area (Å²) in [5.74, 6) is 0. The molecule has 9 aromatic carbocycles. The molecule has 0 bridgehead atoms. The third-order valence-corrected chi connectivity index (χ3v) is 11.2. The lowest BCUT2D eigenvalue weighted by Crippen LogP contribution is -2.10. The largest absolute Gasteiger partial charge is 0.456 e. The number of hydrogen-bond donors (Lipinski definition) is 0. The maximum Gasteiger partial charge on any atom is 0.137 e. The van der Waals surface area contributed by atoms with Gasteiger partial charge in [-0.1, -0.05) is 158 Å². The Bertz CT molecular complexity index is 3230. The lowest BCUT2D eigenvalue weighted by atomic mass is 9.94. The molecule has 2 aromatic heterocycles. The maximum atomic E-state index is 6.44. The number of para-hydroxylation sites is 4. The van der Waals surface area contributed by atoms with E-state index in [-0.39, 0.29) is 0 Å². The number of fused-ring (bicyclic) bond motifs is 6. The normalized spacial score (nSPS) is 11.5. The Morgan fingerprint density at radius 1 is 0.368 bits per heavy atom. The van der Waals surface area contributed by atoms with Gasteiger partial charge >= 0.3 is 0 Å². The van der Waals surface area contributed by atoms with Crippen LogP contribution < -0.4 is 4.90 Å². The highest BCUT2D eigenvalue weighted by Crippen LogP contribution is 2.45. The van der Waals surface area contributed by atoms with Crippen molar-refractivity contribution in [2.24, 2.45) is 0 Å². The van der Waals surface area contributed by atoms with Crippen molar-refractivity contribution in [2.75, 3.05) is 4.90 Å². The molecule has 11 rings (SSSR count). The first-order valence-electron chi connectivity index (χ1n) is 19.4. The molecule has 3 heteroatoms. The fourth-order valence-electron chi connectivity index (χ4n) is 8.67. The van der Waals surface area contributed by atoms with Crippen LogP contribution in [0.15, 0.2) is 223 Å². The average molecular weight is 729 g/mol. The highest BCUT2D eigenvalue weighted by molar-refractivity contribution is 6.15. The van der Waals surface area contributed by atoms with Gasteiger partial charge in [-0.05, 0) is 88.5 Å². The Hall–Kier alpha value is -7.62. The highest BCUT2D eigenvalue weighted by atomic mass is 16.3. The molecular weight excluding hydrogens is 693 g/mol. The minimum absolute atomic E-state index is 0.861. The second-order valence-electron chi connectivity index (χ2n) is 14.5. The fourth-order valence-corrected chi connectivity index (χ4v) is 8.67. The Kier molecular flexibility index (Phi) is 7.82. The fraction of sp³-hybridized carbons (Fsp3) is 0. The lowest BCUT2D eigenvalue weighted by Gasteiger charge is -2.27. The third kappa shape index (κ3) is 5.51. The van der Waals surface area contributed by atoms with Crippen molar-refractivity contribution in [3.8, 4) is 39.1 Å². The molecule has 0 aliphatic carbocycles. The molecular formula is C54H36N2O. The van der Waals surface area contributed by atoms with E-state index in [0.717, 1.165) is 50.3 Å².